The van der Waals surface area contributed by atoms with Crippen molar-refractivity contribution < 1.29 is 0 Å². The van der Waals surface area contributed by atoms with E-state index < -0.39 is 0 Å². The Balaban J connectivity index is 1.87. The Bertz CT molecular complexity index is 401. The Labute approximate surface area is 117 Å². The Morgan fingerprint density at radius 1 is 1.11 bits per heavy atom. The number of hydrogen-bond donors (Lipinski definition) is 1. The molecule has 1 N–H and O–H groups in total. The highest BCUT2D eigenvalue weighted by atomic mass is 15.1. The molecular weight excluding hydrogens is 234 g/mol. The summed E-state index contributed by atoms with van der Waals surface area (Å²) >= 11 is 0. The molecule has 2 rings (SSSR count). The Morgan fingerprint density at radius 3 is 2.63 bits per heavy atom. The van der Waals surface area contributed by atoms with Gasteiger partial charge in [-0.15, -0.1) is 0 Å². The SMILES string of the molecule is CCN(CCCN(C)C)Cc1ccc2c(c1)CNC2. The summed E-state index contributed by atoms with van der Waals surface area (Å²) in [7, 11) is 4.29. The summed E-state index contributed by atoms with van der Waals surface area (Å²) in [6.07, 6.45) is 1.24. The zero-order valence-electron chi connectivity index (χ0n) is 12.6. The standard InChI is InChI=1S/C16H27N3/c1-4-19(9-5-8-18(2)3)13-14-6-7-15-11-17-12-16(15)10-14/h6-7,10,17H,4-5,8-9,11-13H2,1-3H3. The van der Waals surface area contributed by atoms with E-state index in [1.165, 1.54) is 36.2 Å². The molecule has 19 heavy (non-hydrogen) atoms. The summed E-state index contributed by atoms with van der Waals surface area (Å²) in [5, 5.41) is 3.41. The maximum Gasteiger partial charge on any atom is 0.0233 e. The quantitative estimate of drug-likeness (QED) is 0.810. The van der Waals surface area contributed by atoms with Gasteiger partial charge in [0.1, 0.15) is 0 Å². The second kappa shape index (κ2) is 7.04. The molecule has 3 heteroatoms. The van der Waals surface area contributed by atoms with Crippen LogP contribution in [0.2, 0.25) is 0 Å². The molecule has 3 nitrogen and oxygen atoms in total. The lowest BCUT2D eigenvalue weighted by molar-refractivity contribution is 0.259. The Morgan fingerprint density at radius 2 is 1.89 bits per heavy atom. The van der Waals surface area contributed by atoms with Crippen LogP contribution in [-0.2, 0) is 19.6 Å². The summed E-state index contributed by atoms with van der Waals surface area (Å²) in [4.78, 5) is 4.79. The van der Waals surface area contributed by atoms with Crippen LogP contribution in [-0.4, -0.2) is 43.5 Å². The Kier molecular flexibility index (Phi) is 5.37. The Hall–Kier alpha value is -0.900. The van der Waals surface area contributed by atoms with Gasteiger partial charge in [0.15, 0.2) is 0 Å². The molecule has 0 spiro atoms. The first-order chi connectivity index (χ1) is 9.19. The lowest BCUT2D eigenvalue weighted by atomic mass is 10.1. The number of rotatable bonds is 7. The van der Waals surface area contributed by atoms with Gasteiger partial charge < -0.3 is 10.2 Å². The van der Waals surface area contributed by atoms with Crippen LogP contribution in [0.15, 0.2) is 18.2 Å². The van der Waals surface area contributed by atoms with Crippen molar-refractivity contribution in [2.45, 2.75) is 33.0 Å². The minimum Gasteiger partial charge on any atom is -0.309 e. The summed E-state index contributed by atoms with van der Waals surface area (Å²) < 4.78 is 0. The molecule has 0 amide bonds. The van der Waals surface area contributed by atoms with Crippen LogP contribution >= 0.6 is 0 Å². The van der Waals surface area contributed by atoms with E-state index in [-0.39, 0.29) is 0 Å². The monoisotopic (exact) mass is 261 g/mol. The molecule has 0 saturated carbocycles. The topological polar surface area (TPSA) is 18.5 Å². The highest BCUT2D eigenvalue weighted by Crippen LogP contribution is 2.18. The van der Waals surface area contributed by atoms with Gasteiger partial charge in [-0.05, 0) is 56.8 Å². The highest BCUT2D eigenvalue weighted by Gasteiger charge is 2.11. The first-order valence-corrected chi connectivity index (χ1v) is 7.37. The number of hydrogen-bond acceptors (Lipinski definition) is 3. The molecule has 0 saturated heterocycles. The van der Waals surface area contributed by atoms with Gasteiger partial charge in [-0.2, -0.15) is 0 Å². The van der Waals surface area contributed by atoms with Crippen molar-refractivity contribution in [2.75, 3.05) is 33.7 Å². The molecule has 0 bridgehead atoms. The molecule has 1 aromatic carbocycles. The number of benzene rings is 1. The molecule has 0 atom stereocenters. The van der Waals surface area contributed by atoms with E-state index in [0.29, 0.717) is 0 Å². The van der Waals surface area contributed by atoms with E-state index in [2.05, 4.69) is 54.3 Å². The maximum atomic E-state index is 3.41. The second-order valence-corrected chi connectivity index (χ2v) is 5.73. The molecule has 106 valence electrons. The van der Waals surface area contributed by atoms with E-state index in [4.69, 9.17) is 0 Å². The van der Waals surface area contributed by atoms with E-state index >= 15 is 0 Å². The van der Waals surface area contributed by atoms with Gasteiger partial charge >= 0.3 is 0 Å². The van der Waals surface area contributed by atoms with Crippen molar-refractivity contribution in [1.29, 1.82) is 0 Å². The maximum absolute atomic E-state index is 3.41. The summed E-state index contributed by atoms with van der Waals surface area (Å²) in [5.41, 5.74) is 4.41. The van der Waals surface area contributed by atoms with E-state index in [0.717, 1.165) is 26.2 Å². The lowest BCUT2D eigenvalue weighted by Crippen LogP contribution is -2.26. The van der Waals surface area contributed by atoms with E-state index in [1.54, 1.807) is 0 Å². The van der Waals surface area contributed by atoms with Gasteiger partial charge in [0.2, 0.25) is 0 Å². The van der Waals surface area contributed by atoms with Crippen LogP contribution in [0.1, 0.15) is 30.0 Å². The van der Waals surface area contributed by atoms with Crippen molar-refractivity contribution in [3.63, 3.8) is 0 Å². The molecular formula is C16H27N3. The molecule has 0 aromatic heterocycles. The molecule has 1 aliphatic rings. The van der Waals surface area contributed by atoms with Crippen LogP contribution in [0.3, 0.4) is 0 Å². The number of nitrogens with one attached hydrogen (secondary N) is 1. The molecule has 0 unspecified atom stereocenters. The summed E-state index contributed by atoms with van der Waals surface area (Å²) in [5.74, 6) is 0. The zero-order valence-corrected chi connectivity index (χ0v) is 12.6. The number of nitrogens with zero attached hydrogens (tertiary/aromatic N) is 2. The summed E-state index contributed by atoms with van der Waals surface area (Å²) in [6, 6.07) is 6.96. The highest BCUT2D eigenvalue weighted by molar-refractivity contribution is 5.34. The molecule has 0 aliphatic carbocycles. The first-order valence-electron chi connectivity index (χ1n) is 7.37. The van der Waals surface area contributed by atoms with Gasteiger partial charge in [0.05, 0.1) is 0 Å². The summed E-state index contributed by atoms with van der Waals surface area (Å²) in [6.45, 7) is 8.89. The van der Waals surface area contributed by atoms with E-state index in [1.807, 2.05) is 0 Å². The van der Waals surface area contributed by atoms with Crippen molar-refractivity contribution in [1.82, 2.24) is 15.1 Å². The minimum absolute atomic E-state index is 1.04. The number of fused-ring (bicyclic) bond motifs is 1. The molecule has 1 aliphatic heterocycles. The van der Waals surface area contributed by atoms with Gasteiger partial charge in [-0.3, -0.25) is 4.90 Å². The smallest absolute Gasteiger partial charge is 0.0233 e. The first kappa shape index (κ1) is 14.5. The third kappa shape index (κ3) is 4.30. The average Bonchev–Trinajstić information content (AvgIpc) is 2.84. The zero-order chi connectivity index (χ0) is 13.7. The molecule has 0 fully saturated rings. The van der Waals surface area contributed by atoms with Crippen molar-refractivity contribution in [3.05, 3.63) is 34.9 Å². The van der Waals surface area contributed by atoms with Crippen LogP contribution in [0.5, 0.6) is 0 Å². The van der Waals surface area contributed by atoms with Gasteiger partial charge in [-0.25, -0.2) is 0 Å². The fourth-order valence-corrected chi connectivity index (χ4v) is 2.66. The fourth-order valence-electron chi connectivity index (χ4n) is 2.66. The predicted molar refractivity (Wildman–Crippen MR) is 81.1 cm³/mol. The average molecular weight is 261 g/mol. The minimum atomic E-state index is 1.04. The largest absolute Gasteiger partial charge is 0.309 e. The van der Waals surface area contributed by atoms with Gasteiger partial charge in [-0.1, -0.05) is 25.1 Å². The lowest BCUT2D eigenvalue weighted by Gasteiger charge is -2.21. The van der Waals surface area contributed by atoms with Crippen molar-refractivity contribution in [3.8, 4) is 0 Å². The fraction of sp³-hybridized carbons (Fsp3) is 0.625. The van der Waals surface area contributed by atoms with Crippen molar-refractivity contribution in [2.24, 2.45) is 0 Å². The molecule has 0 radical (unpaired) electrons. The third-order valence-corrected chi connectivity index (χ3v) is 3.83. The predicted octanol–water partition coefficient (Wildman–Crippen LogP) is 2.06. The normalized spacial score (nSPS) is 14.4. The van der Waals surface area contributed by atoms with Crippen LogP contribution < -0.4 is 5.32 Å². The van der Waals surface area contributed by atoms with E-state index in [9.17, 15) is 0 Å². The van der Waals surface area contributed by atoms with Gasteiger partial charge in [0, 0.05) is 19.6 Å². The molecule has 1 heterocycles. The third-order valence-electron chi connectivity index (χ3n) is 3.83. The van der Waals surface area contributed by atoms with Crippen molar-refractivity contribution >= 4 is 0 Å². The van der Waals surface area contributed by atoms with Crippen LogP contribution in [0, 0.1) is 0 Å². The van der Waals surface area contributed by atoms with Gasteiger partial charge in [0.25, 0.3) is 0 Å². The second-order valence-electron chi connectivity index (χ2n) is 5.73. The van der Waals surface area contributed by atoms with Crippen LogP contribution in [0.25, 0.3) is 0 Å². The van der Waals surface area contributed by atoms with Crippen LogP contribution in [0.4, 0.5) is 0 Å². The molecule has 1 aromatic rings.